The van der Waals surface area contributed by atoms with Crippen molar-refractivity contribution < 1.29 is 14.1 Å². The van der Waals surface area contributed by atoms with Gasteiger partial charge in [-0.3, -0.25) is 9.69 Å². The van der Waals surface area contributed by atoms with E-state index in [1.807, 2.05) is 31.2 Å². The van der Waals surface area contributed by atoms with Crippen LogP contribution in [0.2, 0.25) is 5.02 Å². The van der Waals surface area contributed by atoms with Gasteiger partial charge in [0, 0.05) is 16.5 Å². The third-order valence-corrected chi connectivity index (χ3v) is 5.83. The molecule has 0 radical (unpaired) electrons. The fourth-order valence-corrected chi connectivity index (χ4v) is 3.98. The summed E-state index contributed by atoms with van der Waals surface area (Å²) in [6.07, 6.45) is 1.51. The fraction of sp³-hybridized carbons (Fsp3) is 0.348. The van der Waals surface area contributed by atoms with Crippen LogP contribution in [0.4, 0.5) is 5.69 Å². The average molecular weight is 441 g/mol. The van der Waals surface area contributed by atoms with E-state index in [9.17, 15) is 4.79 Å². The quantitative estimate of drug-likeness (QED) is 0.605. The predicted octanol–water partition coefficient (Wildman–Crippen LogP) is 4.56. The second kappa shape index (κ2) is 9.49. The number of carbonyl (C=O) groups is 1. The molecular formula is C23H25ClN4O3. The van der Waals surface area contributed by atoms with Gasteiger partial charge in [0.2, 0.25) is 17.6 Å². The third kappa shape index (κ3) is 5.06. The Morgan fingerprint density at radius 1 is 1.26 bits per heavy atom. The minimum absolute atomic E-state index is 0.0140. The smallest absolute Gasteiger partial charge is 0.241 e. The van der Waals surface area contributed by atoms with Crippen LogP contribution in [0.3, 0.4) is 0 Å². The molecule has 1 amide bonds. The highest BCUT2D eigenvalue weighted by Crippen LogP contribution is 2.29. The maximum atomic E-state index is 12.7. The number of benzene rings is 2. The molecule has 1 aromatic heterocycles. The Hall–Kier alpha value is -2.90. The lowest BCUT2D eigenvalue weighted by Crippen LogP contribution is -2.37. The van der Waals surface area contributed by atoms with Gasteiger partial charge in [-0.05, 0) is 56.6 Å². The lowest BCUT2D eigenvalue weighted by molar-refractivity contribution is -0.121. The number of likely N-dealkylation sites (tertiary alicyclic amines) is 1. The molecule has 1 N–H and O–H groups in total. The highest BCUT2D eigenvalue weighted by atomic mass is 35.5. The summed E-state index contributed by atoms with van der Waals surface area (Å²) in [5.41, 5.74) is 2.68. The molecule has 162 valence electrons. The second-order valence-electron chi connectivity index (χ2n) is 7.71. The number of aromatic nitrogens is 2. The van der Waals surface area contributed by atoms with E-state index in [-0.39, 0.29) is 11.8 Å². The molecular weight excluding hydrogens is 416 g/mol. The largest absolute Gasteiger partial charge is 0.495 e. The van der Waals surface area contributed by atoms with Crippen molar-refractivity contribution in [2.75, 3.05) is 25.5 Å². The van der Waals surface area contributed by atoms with Gasteiger partial charge in [0.25, 0.3) is 0 Å². The minimum atomic E-state index is -0.0647. The van der Waals surface area contributed by atoms with Crippen molar-refractivity contribution in [3.8, 4) is 17.1 Å². The summed E-state index contributed by atoms with van der Waals surface area (Å²) in [6.45, 7) is 4.18. The van der Waals surface area contributed by atoms with E-state index < -0.39 is 0 Å². The Kier molecular flexibility index (Phi) is 6.53. The second-order valence-corrected chi connectivity index (χ2v) is 8.15. The first kappa shape index (κ1) is 21.3. The summed E-state index contributed by atoms with van der Waals surface area (Å²) in [6, 6.07) is 13.2. The summed E-state index contributed by atoms with van der Waals surface area (Å²) in [5.74, 6) is 1.71. The highest BCUT2D eigenvalue weighted by Gasteiger charge is 2.26. The first-order valence-corrected chi connectivity index (χ1v) is 10.7. The van der Waals surface area contributed by atoms with E-state index in [0.29, 0.717) is 34.7 Å². The number of anilines is 1. The van der Waals surface area contributed by atoms with Crippen molar-refractivity contribution in [1.82, 2.24) is 15.0 Å². The van der Waals surface area contributed by atoms with Gasteiger partial charge in [-0.15, -0.1) is 0 Å². The lowest BCUT2D eigenvalue weighted by Gasteiger charge is -2.30. The number of aryl methyl sites for hydroxylation is 1. The predicted molar refractivity (Wildman–Crippen MR) is 119 cm³/mol. The van der Waals surface area contributed by atoms with Crippen molar-refractivity contribution >= 4 is 23.2 Å². The van der Waals surface area contributed by atoms with Crippen LogP contribution in [0.15, 0.2) is 47.0 Å². The van der Waals surface area contributed by atoms with Gasteiger partial charge in [-0.25, -0.2) is 0 Å². The number of nitrogens with zero attached hydrogens (tertiary/aromatic N) is 3. The number of amides is 1. The molecule has 0 atom stereocenters. The van der Waals surface area contributed by atoms with Crippen LogP contribution >= 0.6 is 11.6 Å². The van der Waals surface area contributed by atoms with Gasteiger partial charge in [-0.1, -0.05) is 41.0 Å². The molecule has 1 aliphatic rings. The van der Waals surface area contributed by atoms with Crippen molar-refractivity contribution in [1.29, 1.82) is 0 Å². The molecule has 8 heteroatoms. The third-order valence-electron chi connectivity index (χ3n) is 5.59. The van der Waals surface area contributed by atoms with Gasteiger partial charge in [0.05, 0.1) is 19.3 Å². The number of halogens is 1. The van der Waals surface area contributed by atoms with Gasteiger partial charge in [-0.2, -0.15) is 4.98 Å². The number of rotatable bonds is 6. The zero-order valence-corrected chi connectivity index (χ0v) is 18.4. The Morgan fingerprint density at radius 2 is 2.03 bits per heavy atom. The maximum absolute atomic E-state index is 12.7. The Balaban J connectivity index is 1.32. The van der Waals surface area contributed by atoms with Crippen LogP contribution in [-0.4, -0.2) is 41.1 Å². The molecule has 1 fully saturated rings. The van der Waals surface area contributed by atoms with E-state index in [1.165, 1.54) is 0 Å². The summed E-state index contributed by atoms with van der Waals surface area (Å²) >= 11 is 6.06. The van der Waals surface area contributed by atoms with Crippen LogP contribution in [0, 0.1) is 12.8 Å². The van der Waals surface area contributed by atoms with E-state index in [4.69, 9.17) is 20.9 Å². The summed E-state index contributed by atoms with van der Waals surface area (Å²) in [5, 5.41) is 7.63. The molecule has 7 nitrogen and oxygen atoms in total. The molecule has 0 aliphatic carbocycles. The molecule has 0 bridgehead atoms. The summed E-state index contributed by atoms with van der Waals surface area (Å²) < 4.78 is 10.8. The van der Waals surface area contributed by atoms with Gasteiger partial charge in [0.15, 0.2) is 0 Å². The molecule has 1 aliphatic heterocycles. The van der Waals surface area contributed by atoms with Crippen LogP contribution in [-0.2, 0) is 11.3 Å². The van der Waals surface area contributed by atoms with Crippen molar-refractivity contribution in [3.63, 3.8) is 0 Å². The van der Waals surface area contributed by atoms with E-state index in [0.717, 1.165) is 37.1 Å². The number of carbonyl (C=O) groups excluding carboxylic acids is 1. The molecule has 2 heterocycles. The molecule has 1 saturated heterocycles. The molecule has 4 rings (SSSR count). The summed E-state index contributed by atoms with van der Waals surface area (Å²) in [7, 11) is 1.57. The monoisotopic (exact) mass is 440 g/mol. The first-order valence-electron chi connectivity index (χ1n) is 10.3. The van der Waals surface area contributed by atoms with Crippen LogP contribution < -0.4 is 10.1 Å². The topological polar surface area (TPSA) is 80.5 Å². The average Bonchev–Trinajstić information content (AvgIpc) is 3.23. The lowest BCUT2D eigenvalue weighted by atomic mass is 9.96. The van der Waals surface area contributed by atoms with Gasteiger partial charge in [0.1, 0.15) is 5.75 Å². The molecule has 31 heavy (non-hydrogen) atoms. The Morgan fingerprint density at radius 3 is 2.77 bits per heavy atom. The SMILES string of the molecule is COc1ccc(Cl)cc1NC(=O)C1CCN(Cc2nc(-c3ccccc3C)no2)CC1. The Labute approximate surface area is 186 Å². The van der Waals surface area contributed by atoms with E-state index >= 15 is 0 Å². The number of hydrogen-bond donors (Lipinski definition) is 1. The first-order chi connectivity index (χ1) is 15.0. The number of piperidine rings is 1. The van der Waals surface area contributed by atoms with Crippen LogP contribution in [0.25, 0.3) is 11.4 Å². The number of methoxy groups -OCH3 is 1. The maximum Gasteiger partial charge on any atom is 0.241 e. The molecule has 0 saturated carbocycles. The van der Waals surface area contributed by atoms with Crippen molar-refractivity contribution in [2.45, 2.75) is 26.3 Å². The number of nitrogens with one attached hydrogen (secondary N) is 1. The van der Waals surface area contributed by atoms with Gasteiger partial charge >= 0.3 is 0 Å². The standard InChI is InChI=1S/C23H25ClN4O3/c1-15-5-3-4-6-18(15)22-26-21(31-27-22)14-28-11-9-16(10-12-28)23(29)25-19-13-17(24)7-8-20(19)30-2/h3-8,13,16H,9-12,14H2,1-2H3,(H,25,29). The number of ether oxygens (including phenoxy) is 1. The molecule has 3 aromatic rings. The molecule has 2 aromatic carbocycles. The van der Waals surface area contributed by atoms with Gasteiger partial charge < -0.3 is 14.6 Å². The van der Waals surface area contributed by atoms with Crippen LogP contribution in [0.1, 0.15) is 24.3 Å². The highest BCUT2D eigenvalue weighted by molar-refractivity contribution is 6.31. The van der Waals surface area contributed by atoms with Crippen molar-refractivity contribution in [2.24, 2.45) is 5.92 Å². The minimum Gasteiger partial charge on any atom is -0.495 e. The van der Waals surface area contributed by atoms with Crippen molar-refractivity contribution in [3.05, 3.63) is 58.9 Å². The zero-order chi connectivity index (χ0) is 21.8. The number of hydrogen-bond acceptors (Lipinski definition) is 6. The molecule has 0 unspecified atom stereocenters. The van der Waals surface area contributed by atoms with E-state index in [2.05, 4.69) is 20.4 Å². The summed E-state index contributed by atoms with van der Waals surface area (Å²) in [4.78, 5) is 19.5. The zero-order valence-electron chi connectivity index (χ0n) is 17.6. The normalized spacial score (nSPS) is 15.1. The van der Waals surface area contributed by atoms with E-state index in [1.54, 1.807) is 25.3 Å². The van der Waals surface area contributed by atoms with Crippen LogP contribution in [0.5, 0.6) is 5.75 Å². The fourth-order valence-electron chi connectivity index (χ4n) is 3.81. The molecule has 0 spiro atoms. The Bertz CT molecular complexity index is 1060.